The molecule has 0 saturated carbocycles. The van der Waals surface area contributed by atoms with E-state index < -0.39 is 0 Å². The zero-order valence-corrected chi connectivity index (χ0v) is 17.1. The van der Waals surface area contributed by atoms with Gasteiger partial charge in [0, 0.05) is 31.2 Å². The van der Waals surface area contributed by atoms with Crippen LogP contribution in [0.1, 0.15) is 35.7 Å². The van der Waals surface area contributed by atoms with Gasteiger partial charge in [0.1, 0.15) is 5.65 Å². The summed E-state index contributed by atoms with van der Waals surface area (Å²) in [5, 5.41) is 8.91. The fourth-order valence-electron chi connectivity index (χ4n) is 3.03. The molecule has 0 spiro atoms. The number of carbonyl (C=O) groups excluding carboxylic acids is 1. The van der Waals surface area contributed by atoms with Crippen molar-refractivity contribution in [1.29, 1.82) is 5.26 Å². The number of aromatic nitrogens is 2. The number of nitrogens with zero attached hydrogens (tertiary/aromatic N) is 4. The number of pyridine rings is 1. The smallest absolute Gasteiger partial charge is 0.232 e. The maximum atomic E-state index is 12.7. The largest absolute Gasteiger partial charge is 0.338 e. The predicted octanol–water partition coefficient (Wildman–Crippen LogP) is 4.19. The SMILES string of the molecule is CCCN(Cc1ccc(C#N)cc1)C(=O)CSCc1cn2cc(C)ccc2n1. The van der Waals surface area contributed by atoms with Crippen LogP contribution in [-0.2, 0) is 17.1 Å². The molecule has 2 heterocycles. The number of hydrogen-bond donors (Lipinski definition) is 0. The van der Waals surface area contributed by atoms with E-state index in [0.29, 0.717) is 23.6 Å². The maximum Gasteiger partial charge on any atom is 0.232 e. The monoisotopic (exact) mass is 392 g/mol. The highest BCUT2D eigenvalue weighted by Crippen LogP contribution is 2.16. The Kier molecular flexibility index (Phi) is 6.72. The Balaban J connectivity index is 1.56. The van der Waals surface area contributed by atoms with Crippen LogP contribution in [0.5, 0.6) is 0 Å². The minimum Gasteiger partial charge on any atom is -0.338 e. The van der Waals surface area contributed by atoms with Crippen molar-refractivity contribution in [2.24, 2.45) is 0 Å². The molecular formula is C22H24N4OS. The van der Waals surface area contributed by atoms with Crippen LogP contribution < -0.4 is 0 Å². The van der Waals surface area contributed by atoms with E-state index in [0.717, 1.165) is 29.9 Å². The summed E-state index contributed by atoms with van der Waals surface area (Å²) in [6, 6.07) is 13.6. The third-order valence-corrected chi connectivity index (χ3v) is 5.38. The number of imidazole rings is 1. The van der Waals surface area contributed by atoms with E-state index in [-0.39, 0.29) is 5.91 Å². The molecule has 0 atom stereocenters. The first-order valence-corrected chi connectivity index (χ1v) is 10.5. The Hall–Kier alpha value is -2.78. The summed E-state index contributed by atoms with van der Waals surface area (Å²) >= 11 is 1.59. The lowest BCUT2D eigenvalue weighted by Crippen LogP contribution is -2.32. The van der Waals surface area contributed by atoms with Gasteiger partial charge < -0.3 is 9.30 Å². The number of aryl methyl sites for hydroxylation is 1. The van der Waals surface area contributed by atoms with Gasteiger partial charge in [0.15, 0.2) is 0 Å². The quantitative estimate of drug-likeness (QED) is 0.577. The summed E-state index contributed by atoms with van der Waals surface area (Å²) in [6.45, 7) is 5.44. The number of benzene rings is 1. The highest BCUT2D eigenvalue weighted by Gasteiger charge is 2.14. The zero-order chi connectivity index (χ0) is 19.9. The second-order valence-electron chi connectivity index (χ2n) is 6.82. The molecule has 0 radical (unpaired) electrons. The molecule has 3 rings (SSSR count). The minimum atomic E-state index is 0.135. The number of thioether (sulfide) groups is 1. The molecule has 28 heavy (non-hydrogen) atoms. The van der Waals surface area contributed by atoms with Gasteiger partial charge in [-0.2, -0.15) is 5.26 Å². The first-order chi connectivity index (χ1) is 13.6. The molecular weight excluding hydrogens is 368 g/mol. The molecule has 5 nitrogen and oxygen atoms in total. The highest BCUT2D eigenvalue weighted by atomic mass is 32.2. The van der Waals surface area contributed by atoms with E-state index >= 15 is 0 Å². The van der Waals surface area contributed by atoms with Crippen molar-refractivity contribution in [3.63, 3.8) is 0 Å². The van der Waals surface area contributed by atoms with Gasteiger partial charge in [-0.3, -0.25) is 4.79 Å². The van der Waals surface area contributed by atoms with Crippen molar-refractivity contribution < 1.29 is 4.79 Å². The summed E-state index contributed by atoms with van der Waals surface area (Å²) in [5.74, 6) is 1.28. The van der Waals surface area contributed by atoms with E-state index in [2.05, 4.69) is 37.2 Å². The van der Waals surface area contributed by atoms with Crippen LogP contribution in [0.2, 0.25) is 0 Å². The maximum absolute atomic E-state index is 12.7. The number of fused-ring (bicyclic) bond motifs is 1. The van der Waals surface area contributed by atoms with Crippen molar-refractivity contribution in [3.05, 3.63) is 71.2 Å². The first kappa shape index (κ1) is 20.0. The van der Waals surface area contributed by atoms with Gasteiger partial charge in [0.25, 0.3) is 0 Å². The molecule has 0 saturated heterocycles. The van der Waals surface area contributed by atoms with E-state index in [4.69, 9.17) is 5.26 Å². The van der Waals surface area contributed by atoms with E-state index in [9.17, 15) is 4.79 Å². The minimum absolute atomic E-state index is 0.135. The predicted molar refractivity (Wildman–Crippen MR) is 113 cm³/mol. The molecule has 1 amide bonds. The van der Waals surface area contributed by atoms with Gasteiger partial charge in [-0.05, 0) is 42.7 Å². The topological polar surface area (TPSA) is 61.4 Å². The molecule has 0 fully saturated rings. The Bertz CT molecular complexity index is 988. The fourth-order valence-corrected chi connectivity index (χ4v) is 3.83. The second-order valence-corrected chi connectivity index (χ2v) is 7.81. The third-order valence-electron chi connectivity index (χ3n) is 4.43. The molecule has 2 aromatic heterocycles. The van der Waals surface area contributed by atoms with Crippen LogP contribution in [0.25, 0.3) is 5.65 Å². The van der Waals surface area contributed by atoms with Crippen molar-refractivity contribution >= 4 is 23.3 Å². The summed E-state index contributed by atoms with van der Waals surface area (Å²) in [5.41, 5.74) is 4.78. The van der Waals surface area contributed by atoms with Gasteiger partial charge in [-0.15, -0.1) is 11.8 Å². The molecule has 0 bridgehead atoms. The van der Waals surface area contributed by atoms with Crippen molar-refractivity contribution in [2.75, 3.05) is 12.3 Å². The zero-order valence-electron chi connectivity index (χ0n) is 16.3. The fraction of sp³-hybridized carbons (Fsp3) is 0.318. The molecule has 0 N–H and O–H groups in total. The molecule has 144 valence electrons. The van der Waals surface area contributed by atoms with Crippen LogP contribution in [0, 0.1) is 18.3 Å². The number of amides is 1. The van der Waals surface area contributed by atoms with E-state index in [1.54, 1.807) is 23.9 Å². The number of rotatable bonds is 8. The lowest BCUT2D eigenvalue weighted by Gasteiger charge is -2.22. The van der Waals surface area contributed by atoms with Crippen LogP contribution in [0.15, 0.2) is 48.8 Å². The Morgan fingerprint density at radius 1 is 1.21 bits per heavy atom. The number of nitriles is 1. The molecule has 0 aliphatic rings. The van der Waals surface area contributed by atoms with Crippen molar-refractivity contribution in [1.82, 2.24) is 14.3 Å². The van der Waals surface area contributed by atoms with Crippen LogP contribution in [-0.4, -0.2) is 32.5 Å². The standard InChI is InChI=1S/C22H24N4OS/c1-3-10-25(13-19-7-5-18(11-23)6-8-19)22(27)16-28-15-20-14-26-12-17(2)4-9-21(26)24-20/h4-9,12,14H,3,10,13,15-16H2,1-2H3. The van der Waals surface area contributed by atoms with Gasteiger partial charge >= 0.3 is 0 Å². The summed E-state index contributed by atoms with van der Waals surface area (Å²) in [6.07, 6.45) is 5.00. The van der Waals surface area contributed by atoms with Crippen molar-refractivity contribution in [3.8, 4) is 6.07 Å². The average molecular weight is 393 g/mol. The van der Waals surface area contributed by atoms with Crippen LogP contribution in [0.3, 0.4) is 0 Å². The van der Waals surface area contributed by atoms with Crippen LogP contribution in [0.4, 0.5) is 0 Å². The lowest BCUT2D eigenvalue weighted by atomic mass is 10.1. The Morgan fingerprint density at radius 3 is 2.71 bits per heavy atom. The van der Waals surface area contributed by atoms with E-state index in [1.807, 2.05) is 33.7 Å². The van der Waals surface area contributed by atoms with Gasteiger partial charge in [0.05, 0.1) is 23.1 Å². The van der Waals surface area contributed by atoms with E-state index in [1.165, 1.54) is 5.56 Å². The molecule has 6 heteroatoms. The second kappa shape index (κ2) is 9.43. The molecule has 0 aliphatic heterocycles. The summed E-state index contributed by atoms with van der Waals surface area (Å²) in [7, 11) is 0. The number of hydrogen-bond acceptors (Lipinski definition) is 4. The van der Waals surface area contributed by atoms with Crippen molar-refractivity contribution in [2.45, 2.75) is 32.6 Å². The lowest BCUT2D eigenvalue weighted by molar-refractivity contribution is -0.129. The van der Waals surface area contributed by atoms with Gasteiger partial charge in [0.2, 0.25) is 5.91 Å². The van der Waals surface area contributed by atoms with Gasteiger partial charge in [-0.1, -0.05) is 25.1 Å². The molecule has 0 aliphatic carbocycles. The molecule has 3 aromatic rings. The molecule has 0 unspecified atom stereocenters. The first-order valence-electron chi connectivity index (χ1n) is 9.38. The summed E-state index contributed by atoms with van der Waals surface area (Å²) < 4.78 is 2.03. The Labute approximate surface area is 170 Å². The summed E-state index contributed by atoms with van der Waals surface area (Å²) in [4.78, 5) is 19.2. The Morgan fingerprint density at radius 2 is 2.00 bits per heavy atom. The number of carbonyl (C=O) groups is 1. The molecule has 1 aromatic carbocycles. The highest BCUT2D eigenvalue weighted by molar-refractivity contribution is 7.99. The third kappa shape index (κ3) is 5.14. The van der Waals surface area contributed by atoms with Crippen LogP contribution >= 0.6 is 11.8 Å². The van der Waals surface area contributed by atoms with Gasteiger partial charge in [-0.25, -0.2) is 4.98 Å². The average Bonchev–Trinajstić information content (AvgIpc) is 3.10. The normalized spacial score (nSPS) is 10.8.